The second-order valence-electron chi connectivity index (χ2n) is 5.70. The molecule has 2 saturated carbocycles. The van der Waals surface area contributed by atoms with E-state index in [1.165, 1.54) is 19.3 Å². The minimum atomic E-state index is -0.309. The molecule has 2 aliphatic carbocycles. The van der Waals surface area contributed by atoms with E-state index in [0.29, 0.717) is 11.9 Å². The van der Waals surface area contributed by atoms with E-state index in [2.05, 4.69) is 15.6 Å². The van der Waals surface area contributed by atoms with Crippen molar-refractivity contribution in [2.24, 2.45) is 16.8 Å². The fraction of sp³-hybridized carbons (Fsp3) is 0.833. The van der Waals surface area contributed by atoms with Gasteiger partial charge < -0.3 is 5.32 Å². The zero-order chi connectivity index (χ0) is 11.3. The molecule has 3 aliphatic rings. The number of guanidine groups is 1. The lowest BCUT2D eigenvalue weighted by Crippen LogP contribution is -2.51. The van der Waals surface area contributed by atoms with Crippen molar-refractivity contribution < 1.29 is 4.79 Å². The van der Waals surface area contributed by atoms with Gasteiger partial charge in [0.05, 0.1) is 0 Å². The molecular weight excluding hydrogens is 202 g/mol. The monoisotopic (exact) mass is 221 g/mol. The Bertz CT molecular complexity index is 363. The summed E-state index contributed by atoms with van der Waals surface area (Å²) in [5, 5.41) is 6.27. The predicted octanol–water partition coefficient (Wildman–Crippen LogP) is 1.03. The van der Waals surface area contributed by atoms with Gasteiger partial charge in [0.25, 0.3) is 5.91 Å². The summed E-state index contributed by atoms with van der Waals surface area (Å²) >= 11 is 0. The van der Waals surface area contributed by atoms with Crippen molar-refractivity contribution in [1.82, 2.24) is 10.6 Å². The molecule has 1 saturated heterocycles. The quantitative estimate of drug-likeness (QED) is 0.695. The fourth-order valence-electron chi connectivity index (χ4n) is 3.60. The van der Waals surface area contributed by atoms with E-state index in [1.54, 1.807) is 0 Å². The van der Waals surface area contributed by atoms with Gasteiger partial charge in [-0.2, -0.15) is 0 Å². The number of carbonyl (C=O) groups is 1. The van der Waals surface area contributed by atoms with Gasteiger partial charge in [-0.3, -0.25) is 15.1 Å². The second-order valence-corrected chi connectivity index (χ2v) is 5.70. The van der Waals surface area contributed by atoms with E-state index >= 15 is 0 Å². The number of hydrogen-bond acceptors (Lipinski definition) is 2. The molecule has 3 unspecified atom stereocenters. The van der Waals surface area contributed by atoms with Crippen molar-refractivity contribution in [1.29, 1.82) is 0 Å². The third-order valence-electron chi connectivity index (χ3n) is 4.21. The Morgan fingerprint density at radius 3 is 2.81 bits per heavy atom. The van der Waals surface area contributed by atoms with Crippen LogP contribution >= 0.6 is 0 Å². The zero-order valence-electron chi connectivity index (χ0n) is 9.92. The summed E-state index contributed by atoms with van der Waals surface area (Å²) in [5.41, 5.74) is -0.309. The smallest absolute Gasteiger partial charge is 0.252 e. The molecule has 1 amide bonds. The molecule has 88 valence electrons. The first kappa shape index (κ1) is 10.1. The minimum absolute atomic E-state index is 0.152. The van der Waals surface area contributed by atoms with Crippen LogP contribution in [-0.2, 0) is 4.79 Å². The van der Waals surface area contributed by atoms with E-state index in [0.717, 1.165) is 12.3 Å². The van der Waals surface area contributed by atoms with E-state index < -0.39 is 0 Å². The Kier molecular flexibility index (Phi) is 2.03. The maximum absolute atomic E-state index is 12.1. The fourth-order valence-corrected chi connectivity index (χ4v) is 3.60. The highest BCUT2D eigenvalue weighted by Gasteiger charge is 2.58. The minimum Gasteiger partial charge on any atom is -0.341 e. The summed E-state index contributed by atoms with van der Waals surface area (Å²) in [6, 6.07) is 0.219. The third kappa shape index (κ3) is 1.28. The van der Waals surface area contributed by atoms with E-state index in [-0.39, 0.29) is 17.5 Å². The van der Waals surface area contributed by atoms with Crippen LogP contribution in [-0.4, -0.2) is 23.4 Å². The molecule has 2 bridgehead atoms. The number of carbonyl (C=O) groups excluding carboxylic acids is 1. The summed E-state index contributed by atoms with van der Waals surface area (Å²) in [7, 11) is 0. The average Bonchev–Trinajstić information content (AvgIpc) is 2.82. The molecule has 0 radical (unpaired) electrons. The SMILES string of the molecule is CC(C)N=C1NC(=O)C2(CC3CCC2C3)N1. The van der Waals surface area contributed by atoms with Gasteiger partial charge in [0.2, 0.25) is 0 Å². The Balaban J connectivity index is 1.86. The molecule has 4 nitrogen and oxygen atoms in total. The molecule has 0 aromatic carbocycles. The highest BCUT2D eigenvalue weighted by Crippen LogP contribution is 2.51. The molecule has 1 aliphatic heterocycles. The average molecular weight is 221 g/mol. The van der Waals surface area contributed by atoms with Gasteiger partial charge in [-0.25, -0.2) is 0 Å². The van der Waals surface area contributed by atoms with Gasteiger partial charge >= 0.3 is 0 Å². The standard InChI is InChI=1S/C12H19N3O/c1-7(2)13-11-14-10(16)12(15-11)6-8-3-4-9(12)5-8/h7-9H,3-6H2,1-2H3,(H2,13,14,15,16). The van der Waals surface area contributed by atoms with Gasteiger partial charge in [-0.15, -0.1) is 0 Å². The summed E-state index contributed by atoms with van der Waals surface area (Å²) in [6.45, 7) is 4.04. The Labute approximate surface area is 95.9 Å². The van der Waals surface area contributed by atoms with Crippen molar-refractivity contribution >= 4 is 11.9 Å². The molecule has 4 heteroatoms. The van der Waals surface area contributed by atoms with Crippen LogP contribution in [0.25, 0.3) is 0 Å². The van der Waals surface area contributed by atoms with Crippen LogP contribution in [0.3, 0.4) is 0 Å². The highest BCUT2D eigenvalue weighted by molar-refractivity contribution is 6.09. The molecule has 1 heterocycles. The lowest BCUT2D eigenvalue weighted by molar-refractivity contribution is -0.125. The predicted molar refractivity (Wildman–Crippen MR) is 62.0 cm³/mol. The van der Waals surface area contributed by atoms with Crippen LogP contribution in [0.15, 0.2) is 4.99 Å². The Morgan fingerprint density at radius 2 is 2.25 bits per heavy atom. The first-order chi connectivity index (χ1) is 7.60. The third-order valence-corrected chi connectivity index (χ3v) is 4.21. The van der Waals surface area contributed by atoms with Gasteiger partial charge in [-0.1, -0.05) is 0 Å². The zero-order valence-corrected chi connectivity index (χ0v) is 9.92. The maximum atomic E-state index is 12.1. The Morgan fingerprint density at radius 1 is 1.44 bits per heavy atom. The van der Waals surface area contributed by atoms with Gasteiger partial charge in [0, 0.05) is 6.04 Å². The summed E-state index contributed by atoms with van der Waals surface area (Å²) < 4.78 is 0. The first-order valence-corrected chi connectivity index (χ1v) is 6.27. The number of amides is 1. The first-order valence-electron chi connectivity index (χ1n) is 6.27. The molecule has 16 heavy (non-hydrogen) atoms. The summed E-state index contributed by atoms with van der Waals surface area (Å²) in [6.07, 6.45) is 4.72. The van der Waals surface area contributed by atoms with Crippen LogP contribution in [0.1, 0.15) is 39.5 Å². The molecule has 0 aromatic heterocycles. The number of nitrogens with zero attached hydrogens (tertiary/aromatic N) is 1. The van der Waals surface area contributed by atoms with Gasteiger partial charge in [-0.05, 0) is 51.4 Å². The number of aliphatic imine (C=N–C) groups is 1. The van der Waals surface area contributed by atoms with Crippen molar-refractivity contribution in [3.8, 4) is 0 Å². The molecule has 3 fully saturated rings. The van der Waals surface area contributed by atoms with E-state index in [4.69, 9.17) is 0 Å². The van der Waals surface area contributed by atoms with Crippen molar-refractivity contribution in [3.63, 3.8) is 0 Å². The van der Waals surface area contributed by atoms with E-state index in [9.17, 15) is 4.79 Å². The largest absolute Gasteiger partial charge is 0.341 e. The van der Waals surface area contributed by atoms with Crippen LogP contribution in [0.5, 0.6) is 0 Å². The topological polar surface area (TPSA) is 53.5 Å². The van der Waals surface area contributed by atoms with Crippen LogP contribution in [0.2, 0.25) is 0 Å². The highest BCUT2D eigenvalue weighted by atomic mass is 16.2. The lowest BCUT2D eigenvalue weighted by Gasteiger charge is -2.30. The van der Waals surface area contributed by atoms with Crippen LogP contribution in [0, 0.1) is 11.8 Å². The molecule has 3 atom stereocenters. The number of rotatable bonds is 1. The van der Waals surface area contributed by atoms with Crippen molar-refractivity contribution in [3.05, 3.63) is 0 Å². The summed E-state index contributed by atoms with van der Waals surface area (Å²) in [4.78, 5) is 16.5. The maximum Gasteiger partial charge on any atom is 0.252 e. The normalized spacial score (nSPS) is 43.4. The number of fused-ring (bicyclic) bond motifs is 3. The summed E-state index contributed by atoms with van der Waals surface area (Å²) in [5.74, 6) is 2.12. The number of hydrogen-bond donors (Lipinski definition) is 2. The second kappa shape index (κ2) is 3.22. The van der Waals surface area contributed by atoms with Crippen molar-refractivity contribution in [2.75, 3.05) is 0 Å². The van der Waals surface area contributed by atoms with Crippen LogP contribution < -0.4 is 10.6 Å². The Hall–Kier alpha value is -1.06. The molecule has 1 spiro atoms. The molecule has 2 N–H and O–H groups in total. The molecule has 3 rings (SSSR count). The van der Waals surface area contributed by atoms with Crippen LogP contribution in [0.4, 0.5) is 0 Å². The van der Waals surface area contributed by atoms with Gasteiger partial charge in [0.1, 0.15) is 5.54 Å². The molecule has 0 aromatic rings. The lowest BCUT2D eigenvalue weighted by atomic mass is 9.81. The van der Waals surface area contributed by atoms with Gasteiger partial charge in [0.15, 0.2) is 5.96 Å². The molecular formula is C12H19N3O. The number of nitrogens with one attached hydrogen (secondary N) is 2. The van der Waals surface area contributed by atoms with E-state index in [1.807, 2.05) is 13.8 Å². The van der Waals surface area contributed by atoms with Crippen molar-refractivity contribution in [2.45, 2.75) is 51.1 Å².